The van der Waals surface area contributed by atoms with E-state index in [0.717, 1.165) is 9.37 Å². The van der Waals surface area contributed by atoms with Gasteiger partial charge in [-0.2, -0.15) is 0 Å². The molecule has 2 aromatic carbocycles. The standard InChI is InChI=1S/C19H16BrN3O4/c20-13-5-3-4-12(10-13)17(25)22-9-8-21-16(24)11-23-18(26)14-6-1-2-7-15(14)19(23)27/h1-7,10H,8-9,11H2,(H,21,24)(H,22,25). The summed E-state index contributed by atoms with van der Waals surface area (Å²) in [6.45, 7) is 0.0485. The van der Waals surface area contributed by atoms with Crippen molar-refractivity contribution in [1.82, 2.24) is 15.5 Å². The van der Waals surface area contributed by atoms with Crippen molar-refractivity contribution in [3.8, 4) is 0 Å². The Hall–Kier alpha value is -3.00. The smallest absolute Gasteiger partial charge is 0.262 e. The van der Waals surface area contributed by atoms with E-state index in [1.165, 1.54) is 0 Å². The molecule has 3 rings (SSSR count). The maximum absolute atomic E-state index is 12.2. The molecule has 0 unspecified atom stereocenters. The summed E-state index contributed by atoms with van der Waals surface area (Å²) in [7, 11) is 0. The lowest BCUT2D eigenvalue weighted by Crippen LogP contribution is -2.42. The normalized spacial score (nSPS) is 12.7. The van der Waals surface area contributed by atoms with Crippen molar-refractivity contribution < 1.29 is 19.2 Å². The lowest BCUT2D eigenvalue weighted by molar-refractivity contribution is -0.121. The van der Waals surface area contributed by atoms with E-state index in [0.29, 0.717) is 16.7 Å². The van der Waals surface area contributed by atoms with E-state index in [1.54, 1.807) is 42.5 Å². The summed E-state index contributed by atoms with van der Waals surface area (Å²) in [5, 5.41) is 5.27. The molecule has 8 heteroatoms. The van der Waals surface area contributed by atoms with Crippen LogP contribution in [0.1, 0.15) is 31.1 Å². The van der Waals surface area contributed by atoms with Crippen molar-refractivity contribution in [2.75, 3.05) is 19.6 Å². The Morgan fingerprint density at radius 1 is 0.889 bits per heavy atom. The van der Waals surface area contributed by atoms with Crippen LogP contribution >= 0.6 is 15.9 Å². The number of fused-ring (bicyclic) bond motifs is 1. The Morgan fingerprint density at radius 2 is 1.52 bits per heavy atom. The molecule has 0 aliphatic carbocycles. The number of hydrogen-bond acceptors (Lipinski definition) is 4. The van der Waals surface area contributed by atoms with Gasteiger partial charge in [0.2, 0.25) is 5.91 Å². The lowest BCUT2D eigenvalue weighted by atomic mass is 10.1. The molecule has 1 heterocycles. The topological polar surface area (TPSA) is 95.6 Å². The largest absolute Gasteiger partial charge is 0.353 e. The molecule has 0 radical (unpaired) electrons. The molecule has 4 amide bonds. The van der Waals surface area contributed by atoms with Gasteiger partial charge >= 0.3 is 0 Å². The second-order valence-electron chi connectivity index (χ2n) is 5.86. The zero-order chi connectivity index (χ0) is 19.4. The molecule has 1 aliphatic rings. The molecule has 0 atom stereocenters. The fraction of sp³-hybridized carbons (Fsp3) is 0.158. The molecule has 0 saturated heterocycles. The molecule has 2 N–H and O–H groups in total. The van der Waals surface area contributed by atoms with Crippen molar-refractivity contribution >= 4 is 39.6 Å². The van der Waals surface area contributed by atoms with E-state index in [9.17, 15) is 19.2 Å². The summed E-state index contributed by atoms with van der Waals surface area (Å²) >= 11 is 3.30. The molecular weight excluding hydrogens is 414 g/mol. The molecule has 2 aromatic rings. The van der Waals surface area contributed by atoms with Crippen molar-refractivity contribution in [1.29, 1.82) is 0 Å². The van der Waals surface area contributed by atoms with Crippen LogP contribution in [-0.4, -0.2) is 48.2 Å². The molecule has 138 valence electrons. The lowest BCUT2D eigenvalue weighted by Gasteiger charge is -2.13. The van der Waals surface area contributed by atoms with Crippen LogP contribution < -0.4 is 10.6 Å². The fourth-order valence-corrected chi connectivity index (χ4v) is 3.09. The average molecular weight is 430 g/mol. The van der Waals surface area contributed by atoms with E-state index in [4.69, 9.17) is 0 Å². The number of amides is 4. The van der Waals surface area contributed by atoms with Crippen LogP contribution in [0.3, 0.4) is 0 Å². The number of nitrogens with zero attached hydrogens (tertiary/aromatic N) is 1. The SMILES string of the molecule is O=C(CN1C(=O)c2ccccc2C1=O)NCCNC(=O)c1cccc(Br)c1. The number of imide groups is 1. The average Bonchev–Trinajstić information content (AvgIpc) is 2.90. The Labute approximate surface area is 163 Å². The van der Waals surface area contributed by atoms with Gasteiger partial charge in [0.05, 0.1) is 11.1 Å². The first-order valence-corrected chi connectivity index (χ1v) is 9.02. The number of nitrogens with one attached hydrogen (secondary N) is 2. The summed E-state index contributed by atoms with van der Waals surface area (Å²) < 4.78 is 0.796. The zero-order valence-electron chi connectivity index (χ0n) is 14.2. The highest BCUT2D eigenvalue weighted by Crippen LogP contribution is 2.21. The van der Waals surface area contributed by atoms with E-state index >= 15 is 0 Å². The van der Waals surface area contributed by atoms with Crippen LogP contribution in [0.5, 0.6) is 0 Å². The van der Waals surface area contributed by atoms with E-state index < -0.39 is 17.7 Å². The van der Waals surface area contributed by atoms with Crippen LogP contribution in [-0.2, 0) is 4.79 Å². The van der Waals surface area contributed by atoms with Gasteiger partial charge in [-0.05, 0) is 30.3 Å². The predicted molar refractivity (Wildman–Crippen MR) is 101 cm³/mol. The molecule has 0 fully saturated rings. The van der Waals surface area contributed by atoms with Gasteiger partial charge in [-0.15, -0.1) is 0 Å². The van der Waals surface area contributed by atoms with Gasteiger partial charge in [0.25, 0.3) is 17.7 Å². The molecule has 0 bridgehead atoms. The first kappa shape index (κ1) is 18.8. The van der Waals surface area contributed by atoms with Gasteiger partial charge < -0.3 is 10.6 Å². The summed E-state index contributed by atoms with van der Waals surface area (Å²) in [6.07, 6.45) is 0. The van der Waals surface area contributed by atoms with Gasteiger partial charge in [-0.1, -0.05) is 34.1 Å². The minimum atomic E-state index is -0.478. The van der Waals surface area contributed by atoms with Gasteiger partial charge in [0.15, 0.2) is 0 Å². The highest BCUT2D eigenvalue weighted by molar-refractivity contribution is 9.10. The third kappa shape index (κ3) is 4.22. The Balaban J connectivity index is 1.45. The van der Waals surface area contributed by atoms with Crippen molar-refractivity contribution in [2.24, 2.45) is 0 Å². The highest BCUT2D eigenvalue weighted by Gasteiger charge is 2.36. The minimum absolute atomic E-state index is 0.182. The Kier molecular flexibility index (Phi) is 5.66. The Morgan fingerprint density at radius 3 is 2.15 bits per heavy atom. The first-order chi connectivity index (χ1) is 13.0. The van der Waals surface area contributed by atoms with E-state index in [-0.39, 0.29) is 25.5 Å². The number of hydrogen-bond donors (Lipinski definition) is 2. The highest BCUT2D eigenvalue weighted by atomic mass is 79.9. The number of carbonyl (C=O) groups excluding carboxylic acids is 4. The first-order valence-electron chi connectivity index (χ1n) is 8.23. The number of rotatable bonds is 6. The number of benzene rings is 2. The quantitative estimate of drug-likeness (QED) is 0.538. The van der Waals surface area contributed by atoms with Gasteiger partial charge in [0.1, 0.15) is 6.54 Å². The second-order valence-corrected chi connectivity index (χ2v) is 6.77. The zero-order valence-corrected chi connectivity index (χ0v) is 15.8. The predicted octanol–water partition coefficient (Wildman–Crippen LogP) is 1.59. The Bertz CT molecular complexity index is 894. The molecular formula is C19H16BrN3O4. The van der Waals surface area contributed by atoms with Gasteiger partial charge in [-0.3, -0.25) is 24.1 Å². The maximum Gasteiger partial charge on any atom is 0.262 e. The van der Waals surface area contributed by atoms with Crippen LogP contribution in [0.15, 0.2) is 53.0 Å². The third-order valence-corrected chi connectivity index (χ3v) is 4.49. The molecule has 7 nitrogen and oxygen atoms in total. The molecule has 27 heavy (non-hydrogen) atoms. The minimum Gasteiger partial charge on any atom is -0.353 e. The van der Waals surface area contributed by atoms with Crippen LogP contribution in [0.25, 0.3) is 0 Å². The van der Waals surface area contributed by atoms with E-state index in [1.807, 2.05) is 6.07 Å². The molecule has 0 saturated carbocycles. The summed E-state index contributed by atoms with van der Waals surface area (Å²) in [5.74, 6) is -1.69. The fourth-order valence-electron chi connectivity index (χ4n) is 2.69. The summed E-state index contributed by atoms with van der Waals surface area (Å²) in [6, 6.07) is 13.4. The van der Waals surface area contributed by atoms with Gasteiger partial charge in [0, 0.05) is 23.1 Å². The monoisotopic (exact) mass is 429 g/mol. The second kappa shape index (κ2) is 8.13. The van der Waals surface area contributed by atoms with E-state index in [2.05, 4.69) is 26.6 Å². The van der Waals surface area contributed by atoms with Gasteiger partial charge in [-0.25, -0.2) is 0 Å². The van der Waals surface area contributed by atoms with Crippen molar-refractivity contribution in [3.05, 3.63) is 69.7 Å². The van der Waals surface area contributed by atoms with Crippen LogP contribution in [0.4, 0.5) is 0 Å². The van der Waals surface area contributed by atoms with Crippen molar-refractivity contribution in [3.63, 3.8) is 0 Å². The van der Waals surface area contributed by atoms with Crippen LogP contribution in [0, 0.1) is 0 Å². The summed E-state index contributed by atoms with van der Waals surface area (Å²) in [4.78, 5) is 49.4. The van der Waals surface area contributed by atoms with Crippen LogP contribution in [0.2, 0.25) is 0 Å². The number of carbonyl (C=O) groups is 4. The van der Waals surface area contributed by atoms with Crippen molar-refractivity contribution in [2.45, 2.75) is 0 Å². The maximum atomic E-state index is 12.2. The molecule has 0 aromatic heterocycles. The number of halogens is 1. The third-order valence-electron chi connectivity index (χ3n) is 4.00. The molecule has 0 spiro atoms. The summed E-state index contributed by atoms with van der Waals surface area (Å²) in [5.41, 5.74) is 1.11. The molecule has 1 aliphatic heterocycles.